The fourth-order valence-electron chi connectivity index (χ4n) is 1.84. The van der Waals surface area contributed by atoms with Crippen LogP contribution < -0.4 is 0 Å². The minimum atomic E-state index is -4.47. The zero-order chi connectivity index (χ0) is 13.6. The van der Waals surface area contributed by atoms with E-state index >= 15 is 0 Å². The van der Waals surface area contributed by atoms with Gasteiger partial charge < -0.3 is 0 Å². The molecule has 0 amide bonds. The summed E-state index contributed by atoms with van der Waals surface area (Å²) in [6.07, 6.45) is -4.47. The lowest BCUT2D eigenvalue weighted by Gasteiger charge is -2.10. The third-order valence-electron chi connectivity index (χ3n) is 2.61. The fourth-order valence-corrected chi connectivity index (χ4v) is 2.53. The SMILES string of the molecule is Cc1cc2nc(-c3cccs3)cc(C(F)(F)F)n2n1. The van der Waals surface area contributed by atoms with E-state index in [1.54, 1.807) is 24.4 Å². The molecular weight excluding hydrogens is 275 g/mol. The van der Waals surface area contributed by atoms with E-state index in [4.69, 9.17) is 0 Å². The molecule has 0 saturated carbocycles. The highest BCUT2D eigenvalue weighted by Crippen LogP contribution is 2.33. The van der Waals surface area contributed by atoms with Gasteiger partial charge in [0.15, 0.2) is 11.3 Å². The van der Waals surface area contributed by atoms with Gasteiger partial charge in [-0.15, -0.1) is 11.3 Å². The molecule has 98 valence electrons. The lowest BCUT2D eigenvalue weighted by Crippen LogP contribution is -2.13. The predicted molar refractivity (Wildman–Crippen MR) is 66.0 cm³/mol. The summed E-state index contributed by atoms with van der Waals surface area (Å²) in [5, 5.41) is 5.64. The standard InChI is InChI=1S/C12H8F3N3S/c1-7-5-11-16-8(9-3-2-4-19-9)6-10(12(13,14)15)18(11)17-7/h2-6H,1H3. The third-order valence-corrected chi connectivity index (χ3v) is 3.51. The molecule has 0 aromatic carbocycles. The van der Waals surface area contributed by atoms with E-state index in [1.807, 2.05) is 0 Å². The van der Waals surface area contributed by atoms with E-state index in [9.17, 15) is 13.2 Å². The second-order valence-corrected chi connectivity index (χ2v) is 5.01. The first kappa shape index (κ1) is 12.2. The van der Waals surface area contributed by atoms with Gasteiger partial charge in [-0.25, -0.2) is 9.50 Å². The summed E-state index contributed by atoms with van der Waals surface area (Å²) >= 11 is 1.35. The lowest BCUT2D eigenvalue weighted by atomic mass is 10.2. The number of hydrogen-bond donors (Lipinski definition) is 0. The summed E-state index contributed by atoms with van der Waals surface area (Å²) in [6.45, 7) is 1.64. The minimum Gasteiger partial charge on any atom is -0.228 e. The van der Waals surface area contributed by atoms with Crippen molar-refractivity contribution in [2.24, 2.45) is 0 Å². The third kappa shape index (κ3) is 2.10. The summed E-state index contributed by atoms with van der Waals surface area (Å²) < 4.78 is 40.0. The number of alkyl halides is 3. The van der Waals surface area contributed by atoms with Crippen LogP contribution in [0, 0.1) is 6.92 Å². The highest BCUT2D eigenvalue weighted by molar-refractivity contribution is 7.13. The van der Waals surface area contributed by atoms with Crippen LogP contribution in [0.2, 0.25) is 0 Å². The van der Waals surface area contributed by atoms with Crippen molar-refractivity contribution in [1.82, 2.24) is 14.6 Å². The van der Waals surface area contributed by atoms with E-state index < -0.39 is 11.9 Å². The summed E-state index contributed by atoms with van der Waals surface area (Å²) in [5.41, 5.74) is 0.209. The highest BCUT2D eigenvalue weighted by Gasteiger charge is 2.35. The monoisotopic (exact) mass is 283 g/mol. The Kier molecular flexibility index (Phi) is 2.60. The number of halogens is 3. The van der Waals surface area contributed by atoms with Crippen LogP contribution in [0.15, 0.2) is 29.6 Å². The molecule has 3 aromatic rings. The summed E-state index contributed by atoms with van der Waals surface area (Å²) in [5.74, 6) is 0. The van der Waals surface area contributed by atoms with Crippen LogP contribution in [-0.2, 0) is 6.18 Å². The molecule has 3 aromatic heterocycles. The molecule has 0 aliphatic rings. The molecule has 0 aliphatic carbocycles. The van der Waals surface area contributed by atoms with Gasteiger partial charge in [-0.1, -0.05) is 6.07 Å². The van der Waals surface area contributed by atoms with Gasteiger partial charge in [0, 0.05) is 6.07 Å². The van der Waals surface area contributed by atoms with Crippen LogP contribution in [0.25, 0.3) is 16.2 Å². The first-order valence-electron chi connectivity index (χ1n) is 5.43. The Labute approximate surface area is 110 Å². The van der Waals surface area contributed by atoms with Crippen molar-refractivity contribution in [2.45, 2.75) is 13.1 Å². The molecule has 3 nitrogen and oxygen atoms in total. The molecule has 0 radical (unpaired) electrons. The molecule has 0 N–H and O–H groups in total. The van der Waals surface area contributed by atoms with Crippen LogP contribution in [0.4, 0.5) is 13.2 Å². The number of thiophene rings is 1. The van der Waals surface area contributed by atoms with Gasteiger partial charge in [-0.2, -0.15) is 18.3 Å². The molecule has 0 atom stereocenters. The topological polar surface area (TPSA) is 30.2 Å². The maximum Gasteiger partial charge on any atom is 0.433 e. The fraction of sp³-hybridized carbons (Fsp3) is 0.167. The van der Waals surface area contributed by atoms with Crippen LogP contribution in [0.1, 0.15) is 11.4 Å². The van der Waals surface area contributed by atoms with Crippen molar-refractivity contribution in [2.75, 3.05) is 0 Å². The zero-order valence-corrected chi connectivity index (χ0v) is 10.6. The average Bonchev–Trinajstić information content (AvgIpc) is 2.92. The van der Waals surface area contributed by atoms with Gasteiger partial charge in [-0.3, -0.25) is 0 Å². The molecule has 0 saturated heterocycles. The molecule has 0 unspecified atom stereocenters. The number of hydrogen-bond acceptors (Lipinski definition) is 3. The van der Waals surface area contributed by atoms with Gasteiger partial charge in [0.05, 0.1) is 16.3 Å². The molecular formula is C12H8F3N3S. The highest BCUT2D eigenvalue weighted by atomic mass is 32.1. The van der Waals surface area contributed by atoms with E-state index in [0.717, 1.165) is 10.6 Å². The first-order valence-corrected chi connectivity index (χ1v) is 6.31. The van der Waals surface area contributed by atoms with Crippen molar-refractivity contribution in [3.63, 3.8) is 0 Å². The molecule has 0 spiro atoms. The van der Waals surface area contributed by atoms with Crippen molar-refractivity contribution in [3.8, 4) is 10.6 Å². The minimum absolute atomic E-state index is 0.204. The quantitative estimate of drug-likeness (QED) is 0.680. The average molecular weight is 283 g/mol. The maximum atomic E-state index is 13.1. The van der Waals surface area contributed by atoms with Gasteiger partial charge in [-0.05, 0) is 24.4 Å². The van der Waals surface area contributed by atoms with Crippen LogP contribution in [-0.4, -0.2) is 14.6 Å². The largest absolute Gasteiger partial charge is 0.433 e. The van der Waals surface area contributed by atoms with E-state index in [1.165, 1.54) is 17.4 Å². The van der Waals surface area contributed by atoms with E-state index in [0.29, 0.717) is 16.3 Å². The second kappa shape index (κ2) is 4.06. The molecule has 3 heterocycles. The normalized spacial score (nSPS) is 12.2. The Bertz CT molecular complexity index is 729. The van der Waals surface area contributed by atoms with Gasteiger partial charge in [0.25, 0.3) is 0 Å². The van der Waals surface area contributed by atoms with Crippen molar-refractivity contribution < 1.29 is 13.2 Å². The molecule has 3 rings (SSSR count). The second-order valence-electron chi connectivity index (χ2n) is 4.06. The maximum absolute atomic E-state index is 13.1. The van der Waals surface area contributed by atoms with E-state index in [2.05, 4.69) is 10.1 Å². The van der Waals surface area contributed by atoms with Gasteiger partial charge in [0.1, 0.15) is 0 Å². The molecule has 0 bridgehead atoms. The summed E-state index contributed by atoms with van der Waals surface area (Å²) in [7, 11) is 0. The number of fused-ring (bicyclic) bond motifs is 1. The predicted octanol–water partition coefficient (Wildman–Crippen LogP) is 3.79. The number of nitrogens with zero attached hydrogens (tertiary/aromatic N) is 3. The smallest absolute Gasteiger partial charge is 0.228 e. The van der Waals surface area contributed by atoms with Crippen LogP contribution >= 0.6 is 11.3 Å². The van der Waals surface area contributed by atoms with Crippen molar-refractivity contribution >= 4 is 17.0 Å². The van der Waals surface area contributed by atoms with Gasteiger partial charge in [0.2, 0.25) is 0 Å². The summed E-state index contributed by atoms with van der Waals surface area (Å²) in [6, 6.07) is 6.09. The van der Waals surface area contributed by atoms with Crippen LogP contribution in [0.3, 0.4) is 0 Å². The Morgan fingerprint density at radius 3 is 2.68 bits per heavy atom. The number of rotatable bonds is 1. The molecule has 0 aliphatic heterocycles. The Balaban J connectivity index is 2.32. The Morgan fingerprint density at radius 2 is 2.05 bits per heavy atom. The van der Waals surface area contributed by atoms with Crippen molar-refractivity contribution in [1.29, 1.82) is 0 Å². The van der Waals surface area contributed by atoms with Gasteiger partial charge >= 0.3 is 6.18 Å². The number of aromatic nitrogens is 3. The summed E-state index contributed by atoms with van der Waals surface area (Å²) in [4.78, 5) is 4.92. The van der Waals surface area contributed by atoms with Crippen LogP contribution in [0.5, 0.6) is 0 Å². The van der Waals surface area contributed by atoms with Crippen molar-refractivity contribution in [3.05, 3.63) is 41.0 Å². The first-order chi connectivity index (χ1) is 8.95. The van der Waals surface area contributed by atoms with E-state index in [-0.39, 0.29) is 5.65 Å². The lowest BCUT2D eigenvalue weighted by molar-refractivity contribution is -0.142. The Hall–Kier alpha value is -1.89. The molecule has 0 fully saturated rings. The molecule has 19 heavy (non-hydrogen) atoms. The Morgan fingerprint density at radius 1 is 1.26 bits per heavy atom. The number of aryl methyl sites for hydroxylation is 1. The molecule has 7 heteroatoms. The zero-order valence-electron chi connectivity index (χ0n) is 9.77.